The lowest BCUT2D eigenvalue weighted by atomic mass is 10.0. The number of benzene rings is 2. The van der Waals surface area contributed by atoms with Gasteiger partial charge in [-0.05, 0) is 55.2 Å². The lowest BCUT2D eigenvalue weighted by Crippen LogP contribution is -2.57. The summed E-state index contributed by atoms with van der Waals surface area (Å²) in [5.41, 5.74) is -0.519. The lowest BCUT2D eigenvalue weighted by molar-refractivity contribution is -0.160. The Morgan fingerprint density at radius 2 is 1.60 bits per heavy atom. The lowest BCUT2D eigenvalue weighted by Gasteiger charge is -2.29. The van der Waals surface area contributed by atoms with Gasteiger partial charge in [-0.2, -0.15) is 13.2 Å². The number of carbonyl (C=O) groups excluding carboxylic acids is 2. The van der Waals surface area contributed by atoms with Crippen LogP contribution in [0.1, 0.15) is 37.8 Å². The first-order valence-electron chi connectivity index (χ1n) is 12.8. The molecule has 0 spiro atoms. The van der Waals surface area contributed by atoms with Gasteiger partial charge >= 0.3 is 6.18 Å². The minimum absolute atomic E-state index is 0.0401. The molecule has 1 aliphatic rings. The van der Waals surface area contributed by atoms with Crippen molar-refractivity contribution in [2.45, 2.75) is 72.4 Å². The monoisotopic (exact) mass is 637 g/mol. The number of carbonyl (C=O) groups is 2. The molecule has 4 atom stereocenters. The van der Waals surface area contributed by atoms with Crippen molar-refractivity contribution in [2.24, 2.45) is 0 Å². The Balaban J connectivity index is 1.97. The van der Waals surface area contributed by atoms with Crippen LogP contribution >= 0.6 is 0 Å². The zero-order valence-electron chi connectivity index (χ0n) is 22.6. The highest BCUT2D eigenvalue weighted by molar-refractivity contribution is 7.92. The second-order valence-corrected chi connectivity index (χ2v) is 14.1. The predicted molar refractivity (Wildman–Crippen MR) is 143 cm³/mol. The van der Waals surface area contributed by atoms with E-state index in [9.17, 15) is 49.1 Å². The molecule has 2 aromatic carbocycles. The average Bonchev–Trinajstić information content (AvgIpc) is 3.72. The SMILES string of the molecule is CC[C@H](NC(=O)[C@H](CS(=O)(=O)c1cccc(S(C)(=O)=O)c1)N[C@@H](c1ccc(F)cc1)C(F)(F)F)C(O)C(=O)NC1CC1. The molecule has 42 heavy (non-hydrogen) atoms. The Morgan fingerprint density at radius 1 is 1.00 bits per heavy atom. The zero-order chi connectivity index (χ0) is 31.5. The first-order valence-corrected chi connectivity index (χ1v) is 16.4. The third-order valence-corrected chi connectivity index (χ3v) is 9.39. The summed E-state index contributed by atoms with van der Waals surface area (Å²) in [5.74, 6) is -4.18. The molecule has 16 heteroatoms. The summed E-state index contributed by atoms with van der Waals surface area (Å²) >= 11 is 0. The highest BCUT2D eigenvalue weighted by Crippen LogP contribution is 2.33. The Labute approximate surface area is 240 Å². The number of aliphatic hydroxyl groups is 1. The van der Waals surface area contributed by atoms with Crippen LogP contribution in [0.4, 0.5) is 17.6 Å². The van der Waals surface area contributed by atoms with E-state index < -0.39 is 83.9 Å². The average molecular weight is 638 g/mol. The van der Waals surface area contributed by atoms with Crippen LogP contribution in [0.5, 0.6) is 0 Å². The fourth-order valence-electron chi connectivity index (χ4n) is 4.03. The first-order chi connectivity index (χ1) is 19.4. The van der Waals surface area contributed by atoms with Crippen LogP contribution in [0, 0.1) is 5.82 Å². The minimum atomic E-state index is -5.08. The highest BCUT2D eigenvalue weighted by Gasteiger charge is 2.44. The van der Waals surface area contributed by atoms with E-state index in [1.54, 1.807) is 0 Å². The van der Waals surface area contributed by atoms with Crippen molar-refractivity contribution in [3.05, 3.63) is 59.9 Å². The summed E-state index contributed by atoms with van der Waals surface area (Å²) < 4.78 is 106. The normalized spacial score (nSPS) is 17.1. The van der Waals surface area contributed by atoms with E-state index >= 15 is 0 Å². The molecule has 10 nitrogen and oxygen atoms in total. The number of rotatable bonds is 13. The molecule has 3 rings (SSSR count). The number of sulfone groups is 2. The molecule has 0 aliphatic heterocycles. The number of hydrogen-bond acceptors (Lipinski definition) is 8. The smallest absolute Gasteiger partial charge is 0.381 e. The molecule has 0 bridgehead atoms. The second kappa shape index (κ2) is 13.1. The van der Waals surface area contributed by atoms with Crippen molar-refractivity contribution in [2.75, 3.05) is 12.0 Å². The summed E-state index contributed by atoms with van der Waals surface area (Å²) in [6.07, 6.45) is -4.66. The van der Waals surface area contributed by atoms with Crippen molar-refractivity contribution in [3.8, 4) is 0 Å². The Morgan fingerprint density at radius 3 is 2.12 bits per heavy atom. The van der Waals surface area contributed by atoms with Crippen LogP contribution in [0.25, 0.3) is 0 Å². The molecular weight excluding hydrogens is 606 g/mol. The van der Waals surface area contributed by atoms with Gasteiger partial charge in [0.2, 0.25) is 5.91 Å². The summed E-state index contributed by atoms with van der Waals surface area (Å²) in [7, 11) is -8.46. The molecule has 4 N–H and O–H groups in total. The number of nitrogens with one attached hydrogen (secondary N) is 3. The summed E-state index contributed by atoms with van der Waals surface area (Å²) in [5, 5.41) is 17.3. The van der Waals surface area contributed by atoms with Gasteiger partial charge in [-0.1, -0.05) is 25.1 Å². The Bertz CT molecular complexity index is 1500. The van der Waals surface area contributed by atoms with Gasteiger partial charge in [0, 0.05) is 12.3 Å². The molecule has 1 aliphatic carbocycles. The van der Waals surface area contributed by atoms with E-state index in [1.807, 2.05) is 5.32 Å². The maximum absolute atomic E-state index is 14.2. The zero-order valence-corrected chi connectivity index (χ0v) is 24.2. The van der Waals surface area contributed by atoms with Crippen LogP contribution in [-0.2, 0) is 29.3 Å². The van der Waals surface area contributed by atoms with Crippen molar-refractivity contribution in [1.29, 1.82) is 0 Å². The van der Waals surface area contributed by atoms with Gasteiger partial charge in [0.15, 0.2) is 25.8 Å². The van der Waals surface area contributed by atoms with Crippen LogP contribution < -0.4 is 16.0 Å². The van der Waals surface area contributed by atoms with Gasteiger partial charge in [0.1, 0.15) is 17.9 Å². The first kappa shape index (κ1) is 33.4. The highest BCUT2D eigenvalue weighted by atomic mass is 32.2. The van der Waals surface area contributed by atoms with Crippen LogP contribution in [0.3, 0.4) is 0 Å². The van der Waals surface area contributed by atoms with Crippen LogP contribution in [0.15, 0.2) is 58.3 Å². The Kier molecular flexibility index (Phi) is 10.4. The van der Waals surface area contributed by atoms with Crippen LogP contribution in [-0.4, -0.2) is 76.2 Å². The molecule has 232 valence electrons. The number of aliphatic hydroxyl groups excluding tert-OH is 1. The topological polar surface area (TPSA) is 159 Å². The predicted octanol–water partition coefficient (Wildman–Crippen LogP) is 1.80. The second-order valence-electron chi connectivity index (χ2n) is 10.0. The largest absolute Gasteiger partial charge is 0.407 e. The fraction of sp³-hybridized carbons (Fsp3) is 0.462. The summed E-state index contributed by atoms with van der Waals surface area (Å²) in [6.45, 7) is 1.49. The molecular formula is C26H31F4N3O7S2. The molecule has 1 saturated carbocycles. The fourth-order valence-corrected chi connectivity index (χ4v) is 6.25. The number of halogens is 4. The maximum Gasteiger partial charge on any atom is 0.407 e. The molecule has 2 amide bonds. The van der Waals surface area contributed by atoms with Gasteiger partial charge in [0.25, 0.3) is 5.91 Å². The summed E-state index contributed by atoms with van der Waals surface area (Å²) in [4.78, 5) is 24.8. The van der Waals surface area contributed by atoms with Crippen molar-refractivity contribution in [3.63, 3.8) is 0 Å². The van der Waals surface area contributed by atoms with Gasteiger partial charge in [-0.3, -0.25) is 14.9 Å². The third kappa shape index (κ3) is 8.96. The van der Waals surface area contributed by atoms with Gasteiger partial charge in [0.05, 0.1) is 21.6 Å². The van der Waals surface area contributed by atoms with Crippen LogP contribution in [0.2, 0.25) is 0 Å². The standard InChI is InChI=1S/C26H31F4N3O7S2/c1-3-20(22(34)25(36)31-17-11-12-17)33-24(35)21(32-23(26(28,29)30)15-7-9-16(27)10-8-15)14-42(39,40)19-6-4-5-18(13-19)41(2,37)38/h4-10,13,17,20-23,32,34H,3,11-12,14H2,1-2H3,(H,31,36)(H,33,35)/t20-,21-,22?,23-/m0/s1. The molecule has 1 fully saturated rings. The van der Waals surface area contributed by atoms with Gasteiger partial charge in [-0.15, -0.1) is 0 Å². The molecule has 0 saturated heterocycles. The molecule has 0 heterocycles. The van der Waals surface area contributed by atoms with Gasteiger partial charge in [-0.25, -0.2) is 21.2 Å². The number of amides is 2. The van der Waals surface area contributed by atoms with E-state index in [2.05, 4.69) is 10.6 Å². The summed E-state index contributed by atoms with van der Waals surface area (Å²) in [6, 6.07) is 1.10. The quantitative estimate of drug-likeness (QED) is 0.242. The van der Waals surface area contributed by atoms with Crippen molar-refractivity contribution >= 4 is 31.5 Å². The molecule has 0 radical (unpaired) electrons. The van der Waals surface area contributed by atoms with E-state index in [0.29, 0.717) is 12.8 Å². The third-order valence-electron chi connectivity index (χ3n) is 6.53. The van der Waals surface area contributed by atoms with E-state index in [-0.39, 0.29) is 17.4 Å². The molecule has 2 aromatic rings. The number of alkyl halides is 3. The molecule has 0 aromatic heterocycles. The maximum atomic E-state index is 14.2. The minimum Gasteiger partial charge on any atom is -0.381 e. The Hall–Kier alpha value is -3.08. The van der Waals surface area contributed by atoms with Gasteiger partial charge < -0.3 is 15.7 Å². The number of hydrogen-bond donors (Lipinski definition) is 4. The van der Waals surface area contributed by atoms with E-state index in [4.69, 9.17) is 0 Å². The van der Waals surface area contributed by atoms with Crippen molar-refractivity contribution in [1.82, 2.24) is 16.0 Å². The van der Waals surface area contributed by atoms with E-state index in [1.165, 1.54) is 6.92 Å². The van der Waals surface area contributed by atoms with Crippen molar-refractivity contribution < 1.29 is 49.1 Å². The molecule has 1 unspecified atom stereocenters. The van der Waals surface area contributed by atoms with E-state index in [0.717, 1.165) is 54.8 Å².